The molecular formula is C37H33N3O4. The maximum atomic E-state index is 13.9. The Morgan fingerprint density at radius 1 is 0.750 bits per heavy atom. The Kier molecular flexibility index (Phi) is 8.10. The van der Waals surface area contributed by atoms with Gasteiger partial charge in [0, 0.05) is 6.54 Å². The number of hydrogen-bond donors (Lipinski definition) is 0. The van der Waals surface area contributed by atoms with Crippen LogP contribution in [0.5, 0.6) is 0 Å². The van der Waals surface area contributed by atoms with Gasteiger partial charge < -0.3 is 9.64 Å². The Labute approximate surface area is 257 Å². The Bertz CT molecular complexity index is 1620. The second-order valence-electron chi connectivity index (χ2n) is 11.4. The molecule has 0 atom stereocenters. The van der Waals surface area contributed by atoms with Crippen molar-refractivity contribution in [2.75, 3.05) is 26.4 Å². The van der Waals surface area contributed by atoms with E-state index in [1.54, 1.807) is 24.3 Å². The van der Waals surface area contributed by atoms with Gasteiger partial charge in [-0.2, -0.15) is 5.26 Å². The zero-order chi connectivity index (χ0) is 30.6. The topological polar surface area (TPSA) is 90.7 Å². The summed E-state index contributed by atoms with van der Waals surface area (Å²) in [7, 11) is 0. The fraction of sp³-hybridized carbons (Fsp3) is 0.243. The van der Waals surface area contributed by atoms with E-state index in [0.29, 0.717) is 50.0 Å². The van der Waals surface area contributed by atoms with Gasteiger partial charge in [-0.1, -0.05) is 103 Å². The van der Waals surface area contributed by atoms with Gasteiger partial charge in [-0.05, 0) is 61.2 Å². The van der Waals surface area contributed by atoms with E-state index in [1.807, 2.05) is 91.0 Å². The highest BCUT2D eigenvalue weighted by atomic mass is 16.5. The van der Waals surface area contributed by atoms with Crippen molar-refractivity contribution in [2.24, 2.45) is 0 Å². The third-order valence-corrected chi connectivity index (χ3v) is 9.16. The first-order valence-corrected chi connectivity index (χ1v) is 14.9. The number of hydrogen-bond acceptors (Lipinski definition) is 6. The van der Waals surface area contributed by atoms with Crippen LogP contribution < -0.4 is 0 Å². The molecule has 0 aromatic heterocycles. The van der Waals surface area contributed by atoms with Crippen LogP contribution in [-0.2, 0) is 20.4 Å². The van der Waals surface area contributed by atoms with Crippen LogP contribution in [0.3, 0.4) is 0 Å². The Morgan fingerprint density at radius 2 is 1.23 bits per heavy atom. The normalized spacial score (nSPS) is 16.3. The molecule has 0 aliphatic carbocycles. The number of rotatable bonds is 9. The van der Waals surface area contributed by atoms with E-state index < -0.39 is 35.3 Å². The highest BCUT2D eigenvalue weighted by molar-refractivity contribution is 6.21. The van der Waals surface area contributed by atoms with Crippen LogP contribution in [0.1, 0.15) is 56.7 Å². The number of carbonyl (C=O) groups is 3. The minimum atomic E-state index is -0.915. The maximum absolute atomic E-state index is 13.9. The van der Waals surface area contributed by atoms with Gasteiger partial charge in [0.05, 0.1) is 22.6 Å². The number of piperidine rings is 1. The highest BCUT2D eigenvalue weighted by Crippen LogP contribution is 2.39. The summed E-state index contributed by atoms with van der Waals surface area (Å²) in [6.45, 7) is 1.50. The van der Waals surface area contributed by atoms with Crippen molar-refractivity contribution in [1.82, 2.24) is 9.80 Å². The molecule has 0 saturated carbocycles. The third kappa shape index (κ3) is 5.18. The van der Waals surface area contributed by atoms with E-state index in [4.69, 9.17) is 4.74 Å². The SMILES string of the molecule is N#CC(CCN1CCC(C(=O)OCN2C(=O)c3ccccc3C2=O)(c2ccccc2)CC1)(c1ccccc1)c1ccccc1. The molecule has 2 aliphatic heterocycles. The van der Waals surface area contributed by atoms with Crippen LogP contribution in [0.4, 0.5) is 0 Å². The predicted octanol–water partition coefficient (Wildman–Crippen LogP) is 5.72. The van der Waals surface area contributed by atoms with Crippen LogP contribution in [0.25, 0.3) is 0 Å². The second-order valence-corrected chi connectivity index (χ2v) is 11.4. The molecular weight excluding hydrogens is 550 g/mol. The summed E-state index contributed by atoms with van der Waals surface area (Å²) >= 11 is 0. The van der Waals surface area contributed by atoms with E-state index >= 15 is 0 Å². The first-order valence-electron chi connectivity index (χ1n) is 14.9. The van der Waals surface area contributed by atoms with Crippen molar-refractivity contribution in [3.63, 3.8) is 0 Å². The number of carbonyl (C=O) groups excluding carboxylic acids is 3. The van der Waals surface area contributed by atoms with E-state index in [9.17, 15) is 19.6 Å². The molecule has 4 aromatic carbocycles. The maximum Gasteiger partial charge on any atom is 0.318 e. The Hall–Kier alpha value is -5.06. The van der Waals surface area contributed by atoms with Crippen LogP contribution in [0.2, 0.25) is 0 Å². The van der Waals surface area contributed by atoms with Crippen molar-refractivity contribution >= 4 is 17.8 Å². The van der Waals surface area contributed by atoms with E-state index in [1.165, 1.54) is 0 Å². The average Bonchev–Trinajstić information content (AvgIpc) is 3.34. The lowest BCUT2D eigenvalue weighted by molar-refractivity contribution is -0.155. The zero-order valence-corrected chi connectivity index (χ0v) is 24.4. The third-order valence-electron chi connectivity index (χ3n) is 9.16. The van der Waals surface area contributed by atoms with Crippen molar-refractivity contribution in [1.29, 1.82) is 5.26 Å². The lowest BCUT2D eigenvalue weighted by Gasteiger charge is -2.41. The van der Waals surface area contributed by atoms with Crippen molar-refractivity contribution in [3.05, 3.63) is 143 Å². The molecule has 220 valence electrons. The van der Waals surface area contributed by atoms with E-state index in [2.05, 4.69) is 11.0 Å². The quantitative estimate of drug-likeness (QED) is 0.185. The minimum Gasteiger partial charge on any atom is -0.443 e. The molecule has 2 aliphatic rings. The lowest BCUT2D eigenvalue weighted by Crippen LogP contribution is -2.49. The van der Waals surface area contributed by atoms with Crippen molar-refractivity contribution in [2.45, 2.75) is 30.1 Å². The summed E-state index contributed by atoms with van der Waals surface area (Å²) in [6, 6.07) is 38.7. The van der Waals surface area contributed by atoms with Crippen LogP contribution >= 0.6 is 0 Å². The number of fused-ring (bicyclic) bond motifs is 1. The van der Waals surface area contributed by atoms with Crippen molar-refractivity contribution in [3.8, 4) is 6.07 Å². The summed E-state index contributed by atoms with van der Waals surface area (Å²) in [6.07, 6.45) is 1.61. The van der Waals surface area contributed by atoms with Crippen molar-refractivity contribution < 1.29 is 19.1 Å². The average molecular weight is 584 g/mol. The number of likely N-dealkylation sites (tertiary alicyclic amines) is 1. The molecule has 7 heteroatoms. The van der Waals surface area contributed by atoms with Crippen LogP contribution in [0, 0.1) is 11.3 Å². The number of nitriles is 1. The van der Waals surface area contributed by atoms with Gasteiger partial charge in [0.25, 0.3) is 11.8 Å². The molecule has 0 spiro atoms. The molecule has 1 saturated heterocycles. The number of esters is 1. The molecule has 2 amide bonds. The highest BCUT2D eigenvalue weighted by Gasteiger charge is 2.46. The van der Waals surface area contributed by atoms with Gasteiger partial charge in [-0.25, -0.2) is 4.90 Å². The molecule has 7 nitrogen and oxygen atoms in total. The molecule has 1 fully saturated rings. The molecule has 4 aromatic rings. The summed E-state index contributed by atoms with van der Waals surface area (Å²) < 4.78 is 5.76. The number of nitrogens with zero attached hydrogens (tertiary/aromatic N) is 3. The van der Waals surface area contributed by atoms with Gasteiger partial charge in [0.15, 0.2) is 6.73 Å². The van der Waals surface area contributed by atoms with Gasteiger partial charge >= 0.3 is 5.97 Å². The molecule has 0 bridgehead atoms. The lowest BCUT2D eigenvalue weighted by atomic mass is 9.71. The predicted molar refractivity (Wildman–Crippen MR) is 166 cm³/mol. The summed E-state index contributed by atoms with van der Waals surface area (Å²) in [5.74, 6) is -1.36. The summed E-state index contributed by atoms with van der Waals surface area (Å²) in [5.41, 5.74) is 1.69. The molecule has 44 heavy (non-hydrogen) atoms. The first-order chi connectivity index (χ1) is 21.5. The van der Waals surface area contributed by atoms with Crippen LogP contribution in [0.15, 0.2) is 115 Å². The van der Waals surface area contributed by atoms with Gasteiger partial charge in [0.2, 0.25) is 0 Å². The smallest absolute Gasteiger partial charge is 0.318 e. The van der Waals surface area contributed by atoms with Crippen LogP contribution in [-0.4, -0.2) is 53.9 Å². The molecule has 0 N–H and O–H groups in total. The summed E-state index contributed by atoms with van der Waals surface area (Å²) in [5, 5.41) is 10.6. The van der Waals surface area contributed by atoms with Gasteiger partial charge in [0.1, 0.15) is 5.41 Å². The first kappa shape index (κ1) is 29.0. The molecule has 0 radical (unpaired) electrons. The monoisotopic (exact) mass is 583 g/mol. The van der Waals surface area contributed by atoms with E-state index in [0.717, 1.165) is 21.6 Å². The fourth-order valence-corrected chi connectivity index (χ4v) is 6.56. The van der Waals surface area contributed by atoms with Gasteiger partial charge in [-0.15, -0.1) is 0 Å². The van der Waals surface area contributed by atoms with E-state index in [-0.39, 0.29) is 0 Å². The molecule has 2 heterocycles. The zero-order valence-electron chi connectivity index (χ0n) is 24.4. The Morgan fingerprint density at radius 3 is 1.73 bits per heavy atom. The fourth-order valence-electron chi connectivity index (χ4n) is 6.56. The number of ether oxygens (including phenoxy) is 1. The largest absolute Gasteiger partial charge is 0.443 e. The Balaban J connectivity index is 1.18. The number of imide groups is 1. The van der Waals surface area contributed by atoms with Gasteiger partial charge in [-0.3, -0.25) is 14.4 Å². The minimum absolute atomic E-state index is 0.319. The molecule has 6 rings (SSSR count). The second kappa shape index (κ2) is 12.3. The number of amides is 2. The molecule has 0 unspecified atom stereocenters. The standard InChI is InChI=1S/C37H33N3O4/c38-26-37(29-14-6-2-7-15-29,30-16-8-3-9-17-30)22-25-39-23-20-36(21-24-39,28-12-4-1-5-13-28)35(43)44-27-40-33(41)31-18-10-11-19-32(31)34(40)42/h1-19H,20-25,27H2. The number of benzene rings is 4. The summed E-state index contributed by atoms with van der Waals surface area (Å²) in [4.78, 5) is 42.9.